The summed E-state index contributed by atoms with van der Waals surface area (Å²) in [6.45, 7) is 6.24. The molecule has 2 amide bonds. The van der Waals surface area contributed by atoms with Gasteiger partial charge in [-0.1, -0.05) is 6.92 Å². The zero-order chi connectivity index (χ0) is 22.4. The molecule has 1 aromatic heterocycles. The SMILES string of the molecule is Cc1cc(F)c(F)cc1N1C=C2N=C(C3CN(Cc4ncccn4)CC3C)NC(=O)N2C1. The van der Waals surface area contributed by atoms with Crippen molar-refractivity contribution < 1.29 is 13.6 Å². The third-order valence-electron chi connectivity index (χ3n) is 6.13. The van der Waals surface area contributed by atoms with Gasteiger partial charge in [0.25, 0.3) is 0 Å². The van der Waals surface area contributed by atoms with Crippen LogP contribution in [0.3, 0.4) is 0 Å². The van der Waals surface area contributed by atoms with E-state index in [-0.39, 0.29) is 24.5 Å². The summed E-state index contributed by atoms with van der Waals surface area (Å²) < 4.78 is 27.3. The Morgan fingerprint density at radius 3 is 2.69 bits per heavy atom. The fourth-order valence-electron chi connectivity index (χ4n) is 4.49. The summed E-state index contributed by atoms with van der Waals surface area (Å²) >= 11 is 0. The van der Waals surface area contributed by atoms with Gasteiger partial charge in [0.2, 0.25) is 0 Å². The Morgan fingerprint density at radius 2 is 1.91 bits per heavy atom. The maximum Gasteiger partial charge on any atom is 0.329 e. The maximum absolute atomic E-state index is 13.8. The number of aryl methyl sites for hydroxylation is 1. The molecule has 4 heterocycles. The highest BCUT2D eigenvalue weighted by Crippen LogP contribution is 2.32. The lowest BCUT2D eigenvalue weighted by molar-refractivity contribution is 0.216. The van der Waals surface area contributed by atoms with Gasteiger partial charge >= 0.3 is 6.03 Å². The molecule has 1 saturated heterocycles. The second-order valence-electron chi connectivity index (χ2n) is 8.45. The number of nitrogens with one attached hydrogen (secondary N) is 1. The van der Waals surface area contributed by atoms with Crippen LogP contribution >= 0.6 is 0 Å². The van der Waals surface area contributed by atoms with E-state index in [1.54, 1.807) is 36.5 Å². The Balaban J connectivity index is 1.36. The third kappa shape index (κ3) is 3.70. The number of nitrogens with zero attached hydrogens (tertiary/aromatic N) is 6. The first-order valence-corrected chi connectivity index (χ1v) is 10.5. The van der Waals surface area contributed by atoms with Gasteiger partial charge < -0.3 is 4.90 Å². The van der Waals surface area contributed by atoms with Gasteiger partial charge in [-0.2, -0.15) is 0 Å². The molecule has 3 aliphatic heterocycles. The Labute approximate surface area is 184 Å². The van der Waals surface area contributed by atoms with Crippen LogP contribution in [0.2, 0.25) is 0 Å². The third-order valence-corrected chi connectivity index (χ3v) is 6.13. The van der Waals surface area contributed by atoms with Crippen LogP contribution in [0.25, 0.3) is 0 Å². The summed E-state index contributed by atoms with van der Waals surface area (Å²) in [5, 5.41) is 2.93. The molecule has 2 atom stereocenters. The number of amides is 2. The average Bonchev–Trinajstić information content (AvgIpc) is 3.35. The number of anilines is 1. The van der Waals surface area contributed by atoms with E-state index in [1.165, 1.54) is 4.90 Å². The number of hydrogen-bond donors (Lipinski definition) is 1. The first kappa shape index (κ1) is 20.5. The van der Waals surface area contributed by atoms with E-state index in [1.807, 2.05) is 0 Å². The lowest BCUT2D eigenvalue weighted by Crippen LogP contribution is -2.49. The molecule has 1 aromatic carbocycles. The molecule has 1 N–H and O–H groups in total. The minimum absolute atomic E-state index is 0.0600. The fourth-order valence-corrected chi connectivity index (χ4v) is 4.49. The highest BCUT2D eigenvalue weighted by molar-refractivity contribution is 6.02. The zero-order valence-corrected chi connectivity index (χ0v) is 17.8. The van der Waals surface area contributed by atoms with E-state index in [9.17, 15) is 13.6 Å². The fraction of sp³-hybridized carbons (Fsp3) is 0.364. The van der Waals surface area contributed by atoms with Crippen LogP contribution in [-0.2, 0) is 6.54 Å². The number of benzene rings is 1. The van der Waals surface area contributed by atoms with E-state index in [0.29, 0.717) is 29.5 Å². The number of amidine groups is 1. The number of aliphatic imine (C=N–C) groups is 1. The van der Waals surface area contributed by atoms with Gasteiger partial charge in [-0.25, -0.2) is 28.5 Å². The van der Waals surface area contributed by atoms with Gasteiger partial charge in [0.05, 0.1) is 6.54 Å². The molecule has 2 unspecified atom stereocenters. The van der Waals surface area contributed by atoms with Crippen molar-refractivity contribution in [1.29, 1.82) is 0 Å². The van der Waals surface area contributed by atoms with Crippen molar-refractivity contribution in [3.63, 3.8) is 0 Å². The smallest absolute Gasteiger partial charge is 0.325 e. The molecule has 166 valence electrons. The molecule has 0 radical (unpaired) electrons. The highest BCUT2D eigenvalue weighted by atomic mass is 19.2. The van der Waals surface area contributed by atoms with Gasteiger partial charge in [0.15, 0.2) is 17.5 Å². The van der Waals surface area contributed by atoms with E-state index in [0.717, 1.165) is 31.0 Å². The maximum atomic E-state index is 13.8. The minimum Gasteiger partial charge on any atom is -0.325 e. The molecule has 32 heavy (non-hydrogen) atoms. The molecule has 0 bridgehead atoms. The molecule has 0 spiro atoms. The van der Waals surface area contributed by atoms with Crippen LogP contribution in [0.1, 0.15) is 18.3 Å². The summed E-state index contributed by atoms with van der Waals surface area (Å²) in [5.74, 6) is 0.410. The van der Waals surface area contributed by atoms with Crippen molar-refractivity contribution in [2.75, 3.05) is 24.7 Å². The normalized spacial score (nSPS) is 23.2. The standard InChI is InChI=1S/C22H23F2N7O/c1-13-6-16(23)17(24)7-18(13)30-11-20-27-21(28-22(32)31(20)12-30)15-9-29(8-14(15)2)10-19-25-4-3-5-26-19/h3-7,11,14-15H,8-10,12H2,1-2H3,(H,27,28,32). The summed E-state index contributed by atoms with van der Waals surface area (Å²) in [7, 11) is 0. The average molecular weight is 439 g/mol. The van der Waals surface area contributed by atoms with E-state index < -0.39 is 11.6 Å². The van der Waals surface area contributed by atoms with Crippen molar-refractivity contribution in [1.82, 2.24) is 25.1 Å². The number of halogens is 2. The molecule has 3 aliphatic rings. The van der Waals surface area contributed by atoms with E-state index in [4.69, 9.17) is 4.99 Å². The number of hydrogen-bond acceptors (Lipinski definition) is 6. The number of carbonyl (C=O) groups is 1. The lowest BCUT2D eigenvalue weighted by atomic mass is 9.96. The topological polar surface area (TPSA) is 77.0 Å². The molecule has 0 saturated carbocycles. The Hall–Kier alpha value is -3.40. The minimum atomic E-state index is -0.926. The predicted octanol–water partition coefficient (Wildman–Crippen LogP) is 2.83. The van der Waals surface area contributed by atoms with Crippen molar-refractivity contribution in [3.8, 4) is 0 Å². The van der Waals surface area contributed by atoms with Gasteiger partial charge in [0.1, 0.15) is 18.3 Å². The molecule has 2 aromatic rings. The second-order valence-corrected chi connectivity index (χ2v) is 8.45. The van der Waals surface area contributed by atoms with E-state index in [2.05, 4.69) is 27.1 Å². The molecular formula is C22H23F2N7O. The largest absolute Gasteiger partial charge is 0.329 e. The highest BCUT2D eigenvalue weighted by Gasteiger charge is 2.39. The van der Waals surface area contributed by atoms with Gasteiger partial charge in [-0.05, 0) is 30.5 Å². The number of aromatic nitrogens is 2. The van der Waals surface area contributed by atoms with Gasteiger partial charge in [-0.15, -0.1) is 0 Å². The lowest BCUT2D eigenvalue weighted by Gasteiger charge is -2.28. The number of carbonyl (C=O) groups excluding carboxylic acids is 1. The van der Waals surface area contributed by atoms with Crippen LogP contribution in [0, 0.1) is 30.4 Å². The Kier molecular flexibility index (Phi) is 5.09. The molecule has 1 fully saturated rings. The number of likely N-dealkylation sites (tertiary alicyclic amines) is 1. The summed E-state index contributed by atoms with van der Waals surface area (Å²) in [4.78, 5) is 31.6. The zero-order valence-electron chi connectivity index (χ0n) is 17.8. The van der Waals surface area contributed by atoms with Crippen LogP contribution in [-0.4, -0.2) is 51.4 Å². The van der Waals surface area contributed by atoms with Crippen molar-refractivity contribution in [2.45, 2.75) is 20.4 Å². The number of rotatable bonds is 4. The first-order chi connectivity index (χ1) is 15.4. The summed E-state index contributed by atoms with van der Waals surface area (Å²) in [6.07, 6.45) is 5.16. The number of urea groups is 1. The Bertz CT molecular complexity index is 1120. The van der Waals surface area contributed by atoms with Crippen molar-refractivity contribution >= 4 is 17.6 Å². The van der Waals surface area contributed by atoms with Gasteiger partial charge in [-0.3, -0.25) is 15.1 Å². The number of fused-ring (bicyclic) bond motifs is 1. The van der Waals surface area contributed by atoms with Crippen LogP contribution < -0.4 is 10.2 Å². The molecule has 0 aliphatic carbocycles. The van der Waals surface area contributed by atoms with Crippen LogP contribution in [0.5, 0.6) is 0 Å². The molecule has 8 nitrogen and oxygen atoms in total. The molecular weight excluding hydrogens is 416 g/mol. The monoisotopic (exact) mass is 439 g/mol. The van der Waals surface area contributed by atoms with Crippen LogP contribution in [0.4, 0.5) is 19.3 Å². The first-order valence-electron chi connectivity index (χ1n) is 10.5. The predicted molar refractivity (Wildman–Crippen MR) is 114 cm³/mol. The summed E-state index contributed by atoms with van der Waals surface area (Å²) in [6, 6.07) is 3.81. The van der Waals surface area contributed by atoms with Crippen LogP contribution in [0.15, 0.2) is 47.6 Å². The van der Waals surface area contributed by atoms with E-state index >= 15 is 0 Å². The quantitative estimate of drug-likeness (QED) is 0.793. The second kappa shape index (κ2) is 7.94. The molecule has 5 rings (SSSR count). The van der Waals surface area contributed by atoms with Gasteiger partial charge in [0, 0.05) is 49.4 Å². The summed E-state index contributed by atoms with van der Waals surface area (Å²) in [5.41, 5.74) is 1.08. The van der Waals surface area contributed by atoms with Crippen molar-refractivity contribution in [2.24, 2.45) is 16.8 Å². The van der Waals surface area contributed by atoms with Crippen molar-refractivity contribution in [3.05, 3.63) is 65.6 Å². The molecule has 10 heteroatoms. The Morgan fingerprint density at radius 1 is 1.16 bits per heavy atom.